The third-order valence-electron chi connectivity index (χ3n) is 3.25. The van der Waals surface area contributed by atoms with E-state index in [9.17, 15) is 13.2 Å². The number of nitrogens with one attached hydrogen (secondary N) is 1. The SMILES string of the molecule is COCCS(=O)(=O)NC(=O)c1ccc(COCc2ccccc2)nc1. The summed E-state index contributed by atoms with van der Waals surface area (Å²) in [7, 11) is -2.33. The first kappa shape index (κ1) is 19.0. The van der Waals surface area contributed by atoms with Crippen molar-refractivity contribution in [1.29, 1.82) is 0 Å². The van der Waals surface area contributed by atoms with E-state index in [1.54, 1.807) is 6.07 Å². The lowest BCUT2D eigenvalue weighted by Crippen LogP contribution is -2.33. The van der Waals surface area contributed by atoms with Crippen LogP contribution in [0.4, 0.5) is 0 Å². The van der Waals surface area contributed by atoms with Gasteiger partial charge in [-0.15, -0.1) is 0 Å². The number of amides is 1. The Labute approximate surface area is 147 Å². The molecule has 0 saturated heterocycles. The molecule has 7 nitrogen and oxygen atoms in total. The Morgan fingerprint density at radius 3 is 2.52 bits per heavy atom. The second kappa shape index (κ2) is 9.26. The minimum absolute atomic E-state index is 0.0125. The van der Waals surface area contributed by atoms with Crippen LogP contribution in [0.1, 0.15) is 21.6 Å². The molecule has 0 aliphatic carbocycles. The third-order valence-corrected chi connectivity index (χ3v) is 4.45. The first-order valence-electron chi connectivity index (χ1n) is 7.60. The molecule has 0 aliphatic rings. The number of hydrogen-bond acceptors (Lipinski definition) is 6. The van der Waals surface area contributed by atoms with Crippen molar-refractivity contribution in [2.45, 2.75) is 13.2 Å². The highest BCUT2D eigenvalue weighted by molar-refractivity contribution is 7.90. The number of carbonyl (C=O) groups excluding carboxylic acids is 1. The molecule has 1 aromatic carbocycles. The van der Waals surface area contributed by atoms with Crippen LogP contribution in [0.2, 0.25) is 0 Å². The number of carbonyl (C=O) groups is 1. The number of methoxy groups -OCH3 is 1. The minimum atomic E-state index is -3.72. The van der Waals surface area contributed by atoms with Crippen LogP contribution in [0.15, 0.2) is 48.7 Å². The quantitative estimate of drug-likeness (QED) is 0.725. The largest absolute Gasteiger partial charge is 0.384 e. The number of aromatic nitrogens is 1. The molecule has 8 heteroatoms. The minimum Gasteiger partial charge on any atom is -0.384 e. The highest BCUT2D eigenvalue weighted by Gasteiger charge is 2.16. The summed E-state index contributed by atoms with van der Waals surface area (Å²) in [5, 5.41) is 0. The van der Waals surface area contributed by atoms with E-state index < -0.39 is 15.9 Å². The Morgan fingerprint density at radius 1 is 1.12 bits per heavy atom. The van der Waals surface area contributed by atoms with Gasteiger partial charge in [-0.3, -0.25) is 9.78 Å². The summed E-state index contributed by atoms with van der Waals surface area (Å²) in [5.41, 5.74) is 1.86. The Kier molecular flexibility index (Phi) is 7.05. The van der Waals surface area contributed by atoms with E-state index in [0.29, 0.717) is 18.9 Å². The molecule has 1 amide bonds. The van der Waals surface area contributed by atoms with Crippen LogP contribution in [0.3, 0.4) is 0 Å². The fourth-order valence-electron chi connectivity index (χ4n) is 1.94. The second-order valence-corrected chi connectivity index (χ2v) is 7.10. The van der Waals surface area contributed by atoms with Crippen molar-refractivity contribution in [2.24, 2.45) is 0 Å². The van der Waals surface area contributed by atoms with Gasteiger partial charge in [-0.1, -0.05) is 30.3 Å². The second-order valence-electron chi connectivity index (χ2n) is 5.26. The van der Waals surface area contributed by atoms with Gasteiger partial charge in [-0.2, -0.15) is 0 Å². The number of pyridine rings is 1. The number of benzene rings is 1. The molecule has 0 saturated carbocycles. The summed E-state index contributed by atoms with van der Waals surface area (Å²) in [6.07, 6.45) is 1.32. The van der Waals surface area contributed by atoms with Crippen LogP contribution < -0.4 is 4.72 Å². The van der Waals surface area contributed by atoms with Crippen molar-refractivity contribution in [1.82, 2.24) is 9.71 Å². The van der Waals surface area contributed by atoms with Crippen molar-refractivity contribution in [3.05, 3.63) is 65.5 Å². The molecule has 0 spiro atoms. The number of sulfonamides is 1. The van der Waals surface area contributed by atoms with Crippen LogP contribution in [0, 0.1) is 0 Å². The summed E-state index contributed by atoms with van der Waals surface area (Å²) >= 11 is 0. The van der Waals surface area contributed by atoms with Crippen LogP contribution in [-0.2, 0) is 32.7 Å². The fraction of sp³-hybridized carbons (Fsp3) is 0.294. The number of ether oxygens (including phenoxy) is 2. The molecular formula is C17H20N2O5S. The Balaban J connectivity index is 1.85. The van der Waals surface area contributed by atoms with E-state index in [-0.39, 0.29) is 17.9 Å². The predicted octanol–water partition coefficient (Wildman–Crippen LogP) is 1.50. The van der Waals surface area contributed by atoms with Crippen LogP contribution in [0.25, 0.3) is 0 Å². The molecule has 1 heterocycles. The van der Waals surface area contributed by atoms with Crippen LogP contribution in [0.5, 0.6) is 0 Å². The summed E-state index contributed by atoms with van der Waals surface area (Å²) in [4.78, 5) is 16.0. The van der Waals surface area contributed by atoms with E-state index in [0.717, 1.165) is 5.56 Å². The van der Waals surface area contributed by atoms with E-state index >= 15 is 0 Å². The lowest BCUT2D eigenvalue weighted by atomic mass is 10.2. The van der Waals surface area contributed by atoms with E-state index in [2.05, 4.69) is 4.98 Å². The van der Waals surface area contributed by atoms with Gasteiger partial charge in [0.05, 0.1) is 36.8 Å². The van der Waals surface area contributed by atoms with Crippen molar-refractivity contribution in [3.8, 4) is 0 Å². The van der Waals surface area contributed by atoms with E-state index in [1.165, 1.54) is 19.4 Å². The fourth-order valence-corrected chi connectivity index (χ4v) is 2.82. The third kappa shape index (κ3) is 6.61. The Bertz CT molecular complexity index is 776. The molecule has 2 aromatic rings. The summed E-state index contributed by atoms with van der Waals surface area (Å²) in [6, 6.07) is 12.9. The molecule has 0 radical (unpaired) electrons. The molecule has 0 bridgehead atoms. The van der Waals surface area contributed by atoms with E-state index in [4.69, 9.17) is 9.47 Å². The average molecular weight is 364 g/mol. The molecule has 1 N–H and O–H groups in total. The highest BCUT2D eigenvalue weighted by Crippen LogP contribution is 2.06. The number of rotatable bonds is 9. The molecule has 25 heavy (non-hydrogen) atoms. The van der Waals surface area contributed by atoms with Crippen LogP contribution >= 0.6 is 0 Å². The van der Waals surface area contributed by atoms with Gasteiger partial charge in [0.2, 0.25) is 10.0 Å². The summed E-state index contributed by atoms with van der Waals surface area (Å²) in [5.74, 6) is -1.01. The molecule has 1 aromatic heterocycles. The van der Waals surface area contributed by atoms with Crippen molar-refractivity contribution in [2.75, 3.05) is 19.5 Å². The zero-order chi connectivity index (χ0) is 18.1. The van der Waals surface area contributed by atoms with Crippen molar-refractivity contribution in [3.63, 3.8) is 0 Å². The zero-order valence-corrected chi connectivity index (χ0v) is 14.7. The number of nitrogens with zero attached hydrogens (tertiary/aromatic N) is 1. The van der Waals surface area contributed by atoms with Gasteiger partial charge >= 0.3 is 0 Å². The van der Waals surface area contributed by atoms with Gasteiger partial charge in [-0.05, 0) is 17.7 Å². The van der Waals surface area contributed by atoms with Crippen molar-refractivity contribution < 1.29 is 22.7 Å². The van der Waals surface area contributed by atoms with Crippen LogP contribution in [-0.4, -0.2) is 38.8 Å². The molecule has 0 atom stereocenters. The summed E-state index contributed by atoms with van der Waals surface area (Å²) in [6.45, 7) is 0.768. The van der Waals surface area contributed by atoms with Crippen molar-refractivity contribution >= 4 is 15.9 Å². The van der Waals surface area contributed by atoms with Gasteiger partial charge in [0, 0.05) is 13.3 Å². The van der Waals surface area contributed by atoms with Gasteiger partial charge in [0.15, 0.2) is 0 Å². The smallest absolute Gasteiger partial charge is 0.266 e. The maximum Gasteiger partial charge on any atom is 0.266 e. The Hall–Kier alpha value is -2.29. The maximum atomic E-state index is 11.9. The predicted molar refractivity (Wildman–Crippen MR) is 92.3 cm³/mol. The van der Waals surface area contributed by atoms with Gasteiger partial charge in [0.25, 0.3) is 5.91 Å². The normalized spacial score (nSPS) is 11.2. The average Bonchev–Trinajstić information content (AvgIpc) is 2.61. The molecule has 0 aliphatic heterocycles. The van der Waals surface area contributed by atoms with Gasteiger partial charge < -0.3 is 9.47 Å². The lowest BCUT2D eigenvalue weighted by Gasteiger charge is -2.07. The van der Waals surface area contributed by atoms with Gasteiger partial charge in [0.1, 0.15) is 0 Å². The monoisotopic (exact) mass is 364 g/mol. The lowest BCUT2D eigenvalue weighted by molar-refractivity contribution is 0.0978. The first-order valence-corrected chi connectivity index (χ1v) is 9.26. The number of hydrogen-bond donors (Lipinski definition) is 1. The topological polar surface area (TPSA) is 94.6 Å². The maximum absolute atomic E-state index is 11.9. The molecule has 2 rings (SSSR count). The van der Waals surface area contributed by atoms with E-state index in [1.807, 2.05) is 35.1 Å². The standard InChI is InChI=1S/C17H20N2O5S/c1-23-9-10-25(21,22)19-17(20)15-7-8-16(18-11-15)13-24-12-14-5-3-2-4-6-14/h2-8,11H,9-10,12-13H2,1H3,(H,19,20). The molecule has 134 valence electrons. The molecular weight excluding hydrogens is 344 g/mol. The first-order chi connectivity index (χ1) is 12.0. The Morgan fingerprint density at radius 2 is 1.88 bits per heavy atom. The molecule has 0 fully saturated rings. The van der Waals surface area contributed by atoms with Gasteiger partial charge in [-0.25, -0.2) is 13.1 Å². The zero-order valence-electron chi connectivity index (χ0n) is 13.8. The highest BCUT2D eigenvalue weighted by atomic mass is 32.2. The summed E-state index contributed by atoms with van der Waals surface area (Å²) < 4.78 is 35.6. The molecule has 0 unspecified atom stereocenters.